The van der Waals surface area contributed by atoms with Crippen molar-refractivity contribution in [3.8, 4) is 0 Å². The molecule has 4 saturated carbocycles. The summed E-state index contributed by atoms with van der Waals surface area (Å²) in [6.07, 6.45) is 7.11. The molecule has 4 bridgehead atoms. The third-order valence-electron chi connectivity index (χ3n) is 6.56. The third kappa shape index (κ3) is 4.10. The van der Waals surface area contributed by atoms with E-state index in [9.17, 15) is 17.6 Å². The summed E-state index contributed by atoms with van der Waals surface area (Å²) in [6, 6.07) is 4.88. The van der Waals surface area contributed by atoms with Crippen molar-refractivity contribution in [2.75, 3.05) is 0 Å². The lowest BCUT2D eigenvalue weighted by Crippen LogP contribution is -2.60. The highest BCUT2D eigenvalue weighted by Crippen LogP contribution is 2.55. The van der Waals surface area contributed by atoms with Gasteiger partial charge in [0.05, 0.1) is 4.90 Å². The van der Waals surface area contributed by atoms with Crippen LogP contribution in [0, 0.1) is 23.6 Å². The van der Waals surface area contributed by atoms with Gasteiger partial charge in [0.25, 0.3) is 0 Å². The lowest BCUT2D eigenvalue weighted by atomic mass is 9.53. The number of sulfonamides is 1. The first-order valence-corrected chi connectivity index (χ1v) is 11.6. The number of benzene rings is 1. The zero-order chi connectivity index (χ0) is 20.2. The minimum Gasteiger partial charge on any atom is -0.351 e. The van der Waals surface area contributed by atoms with Crippen LogP contribution in [0.15, 0.2) is 29.2 Å². The van der Waals surface area contributed by atoms with Gasteiger partial charge < -0.3 is 5.32 Å². The summed E-state index contributed by atoms with van der Waals surface area (Å²) in [5.41, 5.74) is -1.07. The predicted octanol–water partition coefficient (Wildman–Crippen LogP) is 3.36. The molecule has 0 spiro atoms. The quantitative estimate of drug-likeness (QED) is 0.758. The minimum atomic E-state index is -3.91. The molecule has 4 aliphatic rings. The molecular formula is C21H29FN2O3S. The van der Waals surface area contributed by atoms with E-state index in [2.05, 4.69) is 10.0 Å². The Kier molecular flexibility index (Phi) is 4.82. The Morgan fingerprint density at radius 3 is 2.25 bits per heavy atom. The fourth-order valence-electron chi connectivity index (χ4n) is 6.10. The molecule has 5 nitrogen and oxygen atoms in total. The molecule has 28 heavy (non-hydrogen) atoms. The van der Waals surface area contributed by atoms with Crippen molar-refractivity contribution in [3.63, 3.8) is 0 Å². The maximum absolute atomic E-state index is 13.4. The van der Waals surface area contributed by atoms with Crippen molar-refractivity contribution in [2.45, 2.75) is 74.8 Å². The van der Waals surface area contributed by atoms with Gasteiger partial charge in [0.1, 0.15) is 5.82 Å². The lowest BCUT2D eigenvalue weighted by molar-refractivity contribution is -0.127. The Morgan fingerprint density at radius 2 is 1.71 bits per heavy atom. The summed E-state index contributed by atoms with van der Waals surface area (Å²) in [5.74, 6) is 1.46. The molecule has 154 valence electrons. The molecule has 5 rings (SSSR count). The van der Waals surface area contributed by atoms with Gasteiger partial charge >= 0.3 is 0 Å². The molecular weight excluding hydrogens is 379 g/mol. The van der Waals surface area contributed by atoms with E-state index in [1.165, 1.54) is 37.5 Å². The first-order valence-electron chi connectivity index (χ1n) is 10.1. The van der Waals surface area contributed by atoms with Crippen LogP contribution in [0.3, 0.4) is 0 Å². The van der Waals surface area contributed by atoms with Gasteiger partial charge in [-0.1, -0.05) is 6.07 Å². The van der Waals surface area contributed by atoms with E-state index in [-0.39, 0.29) is 22.8 Å². The van der Waals surface area contributed by atoms with E-state index in [0.29, 0.717) is 0 Å². The maximum atomic E-state index is 13.4. The van der Waals surface area contributed by atoms with Crippen molar-refractivity contribution in [1.82, 2.24) is 10.0 Å². The number of nitrogens with one attached hydrogen (secondary N) is 2. The number of halogens is 1. The van der Waals surface area contributed by atoms with Gasteiger partial charge in [-0.3, -0.25) is 4.79 Å². The van der Waals surface area contributed by atoms with Gasteiger partial charge in [-0.15, -0.1) is 0 Å². The Bertz CT molecular complexity index is 846. The molecule has 1 aromatic rings. The molecule has 4 fully saturated rings. The van der Waals surface area contributed by atoms with Crippen LogP contribution in [0.2, 0.25) is 0 Å². The van der Waals surface area contributed by atoms with Crippen LogP contribution in [0.25, 0.3) is 0 Å². The number of carbonyl (C=O) groups excluding carboxylic acids is 1. The topological polar surface area (TPSA) is 75.3 Å². The zero-order valence-corrected chi connectivity index (χ0v) is 17.3. The van der Waals surface area contributed by atoms with Crippen LogP contribution in [0.4, 0.5) is 4.39 Å². The van der Waals surface area contributed by atoms with E-state index in [4.69, 9.17) is 0 Å². The van der Waals surface area contributed by atoms with Crippen LogP contribution in [0.1, 0.15) is 58.8 Å². The second kappa shape index (κ2) is 6.80. The highest BCUT2D eigenvalue weighted by atomic mass is 32.2. The molecule has 0 unspecified atom stereocenters. The van der Waals surface area contributed by atoms with Crippen LogP contribution < -0.4 is 10.0 Å². The molecule has 4 aliphatic carbocycles. The van der Waals surface area contributed by atoms with E-state index in [1.807, 2.05) is 0 Å². The Balaban J connectivity index is 1.41. The SMILES string of the molecule is CC(C)(CC(=O)NC12CC3CC(CC(C3)C1)C2)NS(=O)(=O)c1cccc(F)c1. The second-order valence-electron chi connectivity index (χ2n) is 9.87. The van der Waals surface area contributed by atoms with Crippen LogP contribution in [-0.2, 0) is 14.8 Å². The number of hydrogen-bond acceptors (Lipinski definition) is 3. The average molecular weight is 409 g/mol. The van der Waals surface area contributed by atoms with E-state index >= 15 is 0 Å². The molecule has 7 heteroatoms. The second-order valence-corrected chi connectivity index (χ2v) is 11.6. The Hall–Kier alpha value is -1.47. The van der Waals surface area contributed by atoms with Crippen molar-refractivity contribution in [3.05, 3.63) is 30.1 Å². The van der Waals surface area contributed by atoms with Crippen LogP contribution >= 0.6 is 0 Å². The van der Waals surface area contributed by atoms with E-state index in [1.54, 1.807) is 13.8 Å². The minimum absolute atomic E-state index is 0.0449. The summed E-state index contributed by atoms with van der Waals surface area (Å²) < 4.78 is 41.1. The lowest BCUT2D eigenvalue weighted by Gasteiger charge is -2.57. The Labute approximate surface area is 166 Å². The number of rotatable bonds is 6. The number of amides is 1. The molecule has 0 saturated heterocycles. The maximum Gasteiger partial charge on any atom is 0.241 e. The van der Waals surface area contributed by atoms with E-state index < -0.39 is 21.4 Å². The Morgan fingerprint density at radius 1 is 1.14 bits per heavy atom. The van der Waals surface area contributed by atoms with Gasteiger partial charge in [-0.25, -0.2) is 17.5 Å². The predicted molar refractivity (Wildman–Crippen MR) is 104 cm³/mol. The summed E-state index contributed by atoms with van der Waals surface area (Å²) in [5, 5.41) is 3.28. The molecule has 1 aromatic carbocycles. The van der Waals surface area contributed by atoms with Gasteiger partial charge in [0.15, 0.2) is 0 Å². The van der Waals surface area contributed by atoms with Gasteiger partial charge in [-0.2, -0.15) is 0 Å². The largest absolute Gasteiger partial charge is 0.351 e. The summed E-state index contributed by atoms with van der Waals surface area (Å²) in [6.45, 7) is 3.37. The number of hydrogen-bond donors (Lipinski definition) is 2. The smallest absolute Gasteiger partial charge is 0.241 e. The number of carbonyl (C=O) groups is 1. The van der Waals surface area contributed by atoms with Crippen molar-refractivity contribution in [2.24, 2.45) is 17.8 Å². The fourth-order valence-corrected chi connectivity index (χ4v) is 7.54. The first-order chi connectivity index (χ1) is 13.0. The molecule has 0 atom stereocenters. The molecule has 2 N–H and O–H groups in total. The molecule has 0 aliphatic heterocycles. The average Bonchev–Trinajstić information content (AvgIpc) is 2.50. The van der Waals surface area contributed by atoms with Crippen molar-refractivity contribution < 1.29 is 17.6 Å². The highest BCUT2D eigenvalue weighted by molar-refractivity contribution is 7.89. The van der Waals surface area contributed by atoms with E-state index in [0.717, 1.165) is 43.1 Å². The molecule has 0 heterocycles. The monoisotopic (exact) mass is 408 g/mol. The van der Waals surface area contributed by atoms with Crippen molar-refractivity contribution in [1.29, 1.82) is 0 Å². The summed E-state index contributed by atoms with van der Waals surface area (Å²) in [4.78, 5) is 12.7. The highest BCUT2D eigenvalue weighted by Gasteiger charge is 2.51. The fraction of sp³-hybridized carbons (Fsp3) is 0.667. The third-order valence-corrected chi connectivity index (χ3v) is 8.26. The molecule has 0 radical (unpaired) electrons. The molecule has 0 aromatic heterocycles. The van der Waals surface area contributed by atoms with Crippen LogP contribution in [-0.4, -0.2) is 25.4 Å². The van der Waals surface area contributed by atoms with Crippen molar-refractivity contribution >= 4 is 15.9 Å². The van der Waals surface area contributed by atoms with Gasteiger partial charge in [0, 0.05) is 17.5 Å². The molecule has 1 amide bonds. The zero-order valence-electron chi connectivity index (χ0n) is 16.5. The van der Waals surface area contributed by atoms with Gasteiger partial charge in [-0.05, 0) is 88.3 Å². The summed E-state index contributed by atoms with van der Waals surface area (Å²) >= 11 is 0. The summed E-state index contributed by atoms with van der Waals surface area (Å²) in [7, 11) is -3.91. The standard InChI is InChI=1S/C21H29FN2O3S/c1-20(2,24-28(26,27)18-5-3-4-17(22)9-18)13-19(25)23-21-10-14-6-15(11-21)8-16(7-14)12-21/h3-5,9,14-16,24H,6-8,10-13H2,1-2H3,(H,23,25). The van der Waals surface area contributed by atoms with Crippen LogP contribution in [0.5, 0.6) is 0 Å². The first kappa shape index (κ1) is 19.8. The van der Waals surface area contributed by atoms with Gasteiger partial charge in [0.2, 0.25) is 15.9 Å². The normalized spacial score (nSPS) is 31.8.